The van der Waals surface area contributed by atoms with Crippen LogP contribution in [0.1, 0.15) is 35.0 Å². The highest BCUT2D eigenvalue weighted by molar-refractivity contribution is 7.18. The Bertz CT molecular complexity index is 1050. The number of halogens is 3. The maximum atomic E-state index is 13.1. The molecule has 0 radical (unpaired) electrons. The van der Waals surface area contributed by atoms with Crippen LogP contribution in [0, 0.1) is 0 Å². The van der Waals surface area contributed by atoms with Crippen molar-refractivity contribution in [3.8, 4) is 5.75 Å². The molecule has 5 rings (SSSR count). The van der Waals surface area contributed by atoms with E-state index in [0.29, 0.717) is 45.9 Å². The van der Waals surface area contributed by atoms with E-state index >= 15 is 0 Å². The number of fused-ring (bicyclic) bond motifs is 3. The van der Waals surface area contributed by atoms with Crippen LogP contribution in [-0.2, 0) is 12.7 Å². The average molecular weight is 433 g/mol. The lowest BCUT2D eigenvalue weighted by atomic mass is 9.92. The van der Waals surface area contributed by atoms with Gasteiger partial charge in [-0.3, -0.25) is 9.80 Å². The zero-order valence-corrected chi connectivity index (χ0v) is 17.3. The van der Waals surface area contributed by atoms with Gasteiger partial charge in [0.2, 0.25) is 0 Å². The zero-order valence-electron chi connectivity index (χ0n) is 16.5. The maximum Gasteiger partial charge on any atom is 0.443 e. The summed E-state index contributed by atoms with van der Waals surface area (Å²) < 4.78 is 45.3. The SMILES string of the molecule is COc1cc2nc(C(F)(F)F)sc2cc1CN1CN2CCCC1C2c1ccccc1. The van der Waals surface area contributed by atoms with Crippen molar-refractivity contribution < 1.29 is 17.9 Å². The summed E-state index contributed by atoms with van der Waals surface area (Å²) >= 11 is 0.692. The Morgan fingerprint density at radius 1 is 1.20 bits per heavy atom. The van der Waals surface area contributed by atoms with Gasteiger partial charge in [-0.15, -0.1) is 11.3 Å². The molecule has 3 heterocycles. The number of hydrogen-bond donors (Lipinski definition) is 0. The van der Waals surface area contributed by atoms with Gasteiger partial charge in [0, 0.05) is 30.8 Å². The lowest BCUT2D eigenvalue weighted by Crippen LogP contribution is -2.35. The van der Waals surface area contributed by atoms with E-state index in [1.165, 1.54) is 5.56 Å². The summed E-state index contributed by atoms with van der Waals surface area (Å²) in [6.07, 6.45) is -2.16. The summed E-state index contributed by atoms with van der Waals surface area (Å²) in [5.74, 6) is 0.592. The number of alkyl halides is 3. The molecule has 0 spiro atoms. The van der Waals surface area contributed by atoms with Crippen molar-refractivity contribution in [2.45, 2.75) is 37.6 Å². The lowest BCUT2D eigenvalue weighted by molar-refractivity contribution is -0.137. The van der Waals surface area contributed by atoms with Gasteiger partial charge in [-0.05, 0) is 24.5 Å². The molecule has 2 aliphatic heterocycles. The number of aromatic nitrogens is 1. The first-order valence-electron chi connectivity index (χ1n) is 10.0. The van der Waals surface area contributed by atoms with Gasteiger partial charge in [0.05, 0.1) is 30.0 Å². The number of ether oxygens (including phenoxy) is 1. The van der Waals surface area contributed by atoms with Crippen LogP contribution < -0.4 is 4.74 Å². The molecule has 0 N–H and O–H groups in total. The first-order chi connectivity index (χ1) is 14.4. The Balaban J connectivity index is 1.46. The molecule has 2 aliphatic rings. The second kappa shape index (κ2) is 7.51. The average Bonchev–Trinajstić information content (AvgIpc) is 3.24. The molecular formula is C22H22F3N3OS. The predicted molar refractivity (Wildman–Crippen MR) is 110 cm³/mol. The fourth-order valence-corrected chi connectivity index (χ4v) is 5.70. The summed E-state index contributed by atoms with van der Waals surface area (Å²) in [6.45, 7) is 2.55. The van der Waals surface area contributed by atoms with Gasteiger partial charge in [0.25, 0.3) is 0 Å². The van der Waals surface area contributed by atoms with Gasteiger partial charge in [-0.25, -0.2) is 4.98 Å². The monoisotopic (exact) mass is 433 g/mol. The molecule has 4 nitrogen and oxygen atoms in total. The van der Waals surface area contributed by atoms with Crippen molar-refractivity contribution >= 4 is 21.6 Å². The number of benzene rings is 2. The number of hydrogen-bond acceptors (Lipinski definition) is 5. The molecular weight excluding hydrogens is 411 g/mol. The quantitative estimate of drug-likeness (QED) is 0.558. The molecule has 3 atom stereocenters. The van der Waals surface area contributed by atoms with Crippen molar-refractivity contribution in [3.05, 3.63) is 58.6 Å². The first-order valence-corrected chi connectivity index (χ1v) is 10.8. The van der Waals surface area contributed by atoms with Crippen molar-refractivity contribution in [1.82, 2.24) is 14.8 Å². The van der Waals surface area contributed by atoms with Gasteiger partial charge in [0.15, 0.2) is 5.01 Å². The normalized spacial score (nSPS) is 24.5. The Hall–Kier alpha value is -2.16. The minimum atomic E-state index is -4.43. The molecule has 1 aromatic heterocycles. The van der Waals surface area contributed by atoms with Gasteiger partial charge in [0.1, 0.15) is 5.75 Å². The molecule has 0 saturated carbocycles. The minimum Gasteiger partial charge on any atom is -0.496 e. The second-order valence-corrected chi connectivity index (χ2v) is 8.94. The largest absolute Gasteiger partial charge is 0.496 e. The van der Waals surface area contributed by atoms with Crippen molar-refractivity contribution in [1.29, 1.82) is 0 Å². The Morgan fingerprint density at radius 3 is 2.73 bits per heavy atom. The lowest BCUT2D eigenvalue weighted by Gasteiger charge is -2.33. The standard InChI is InChI=1S/C22H22F3N3OS/c1-29-18-11-16-19(30-21(26-16)22(23,24)25)10-15(18)12-28-13-27-9-5-8-17(28)20(27)14-6-3-2-4-7-14/h2-4,6-7,10-11,17,20H,5,8-9,12-13H2,1H3. The van der Waals surface area contributed by atoms with E-state index in [9.17, 15) is 13.2 Å². The second-order valence-electron chi connectivity index (χ2n) is 7.91. The molecule has 0 amide bonds. The van der Waals surface area contributed by atoms with E-state index < -0.39 is 11.2 Å². The van der Waals surface area contributed by atoms with Crippen LogP contribution in [0.2, 0.25) is 0 Å². The molecule has 30 heavy (non-hydrogen) atoms. The molecule has 2 fully saturated rings. The molecule has 3 unspecified atom stereocenters. The molecule has 2 aromatic carbocycles. The fraction of sp³-hybridized carbons (Fsp3) is 0.409. The van der Waals surface area contributed by atoms with Crippen LogP contribution in [-0.4, -0.2) is 41.1 Å². The summed E-state index contributed by atoms with van der Waals surface area (Å²) in [4.78, 5) is 8.70. The summed E-state index contributed by atoms with van der Waals surface area (Å²) in [7, 11) is 1.56. The number of piperidine rings is 1. The van der Waals surface area contributed by atoms with Crippen LogP contribution >= 0.6 is 11.3 Å². The molecule has 0 aliphatic carbocycles. The van der Waals surface area contributed by atoms with Gasteiger partial charge in [-0.1, -0.05) is 30.3 Å². The van der Waals surface area contributed by atoms with E-state index in [-0.39, 0.29) is 0 Å². The number of nitrogens with zero attached hydrogens (tertiary/aromatic N) is 3. The van der Waals surface area contributed by atoms with Crippen molar-refractivity contribution in [3.63, 3.8) is 0 Å². The molecule has 2 bridgehead atoms. The number of methoxy groups -OCH3 is 1. The summed E-state index contributed by atoms with van der Waals surface area (Å²) in [6, 6.07) is 14.7. The highest BCUT2D eigenvalue weighted by atomic mass is 32.1. The highest BCUT2D eigenvalue weighted by Crippen LogP contribution is 2.42. The van der Waals surface area contributed by atoms with Gasteiger partial charge >= 0.3 is 6.18 Å². The van der Waals surface area contributed by atoms with Crippen LogP contribution in [0.25, 0.3) is 10.2 Å². The molecule has 158 valence electrons. The van der Waals surface area contributed by atoms with E-state index in [4.69, 9.17) is 4.74 Å². The highest BCUT2D eigenvalue weighted by Gasteiger charge is 2.43. The summed E-state index contributed by atoms with van der Waals surface area (Å²) in [5.41, 5.74) is 2.56. The van der Waals surface area contributed by atoms with Crippen LogP contribution in [0.15, 0.2) is 42.5 Å². The first kappa shape index (κ1) is 19.8. The van der Waals surface area contributed by atoms with E-state index in [1.807, 2.05) is 12.1 Å². The predicted octanol–water partition coefficient (Wildman–Crippen LogP) is 5.30. The topological polar surface area (TPSA) is 28.6 Å². The van der Waals surface area contributed by atoms with Gasteiger partial charge < -0.3 is 4.74 Å². The van der Waals surface area contributed by atoms with E-state index in [0.717, 1.165) is 31.6 Å². The fourth-order valence-electron chi connectivity index (χ4n) is 4.82. The van der Waals surface area contributed by atoms with Gasteiger partial charge in [-0.2, -0.15) is 13.2 Å². The van der Waals surface area contributed by atoms with Crippen LogP contribution in [0.3, 0.4) is 0 Å². The van der Waals surface area contributed by atoms with E-state index in [2.05, 4.69) is 39.0 Å². The maximum absolute atomic E-state index is 13.1. The van der Waals surface area contributed by atoms with Crippen molar-refractivity contribution in [2.24, 2.45) is 0 Å². The van der Waals surface area contributed by atoms with Crippen LogP contribution in [0.5, 0.6) is 5.75 Å². The number of rotatable bonds is 4. The zero-order chi connectivity index (χ0) is 20.9. The Labute approximate surface area is 176 Å². The molecule has 3 aromatic rings. The minimum absolute atomic E-state index is 0.332. The third-order valence-electron chi connectivity index (χ3n) is 6.08. The van der Waals surface area contributed by atoms with E-state index in [1.54, 1.807) is 13.2 Å². The Morgan fingerprint density at radius 2 is 2.00 bits per heavy atom. The third-order valence-corrected chi connectivity index (χ3v) is 7.15. The van der Waals surface area contributed by atoms with Crippen molar-refractivity contribution in [2.75, 3.05) is 20.3 Å². The smallest absolute Gasteiger partial charge is 0.443 e. The number of thiazole rings is 1. The third kappa shape index (κ3) is 3.46. The summed E-state index contributed by atoms with van der Waals surface area (Å²) in [5, 5.41) is -0.816. The van der Waals surface area contributed by atoms with Crippen LogP contribution in [0.4, 0.5) is 13.2 Å². The molecule has 8 heteroatoms. The molecule has 2 saturated heterocycles. The Kier molecular flexibility index (Phi) is 4.95.